The molecule has 3 N–H and O–H groups in total. The molecule has 1 aromatic heterocycles. The minimum Gasteiger partial charge on any atom is -0.335 e. The summed E-state index contributed by atoms with van der Waals surface area (Å²) in [5.41, 5.74) is 6.87. The third-order valence-electron chi connectivity index (χ3n) is 2.77. The van der Waals surface area contributed by atoms with E-state index < -0.39 is 5.82 Å². The molecule has 0 unspecified atom stereocenters. The molecule has 1 amide bonds. The minimum absolute atomic E-state index is 0.265. The van der Waals surface area contributed by atoms with Crippen LogP contribution in [0.2, 0.25) is 0 Å². The van der Waals surface area contributed by atoms with E-state index in [9.17, 15) is 9.18 Å². The molecule has 0 saturated heterocycles. The fourth-order valence-electron chi connectivity index (χ4n) is 1.72. The number of carbonyl (C=O) groups excluding carboxylic acids is 1. The van der Waals surface area contributed by atoms with E-state index >= 15 is 0 Å². The lowest BCUT2D eigenvalue weighted by molar-refractivity contribution is 0.102. The number of hydrogen-bond donors (Lipinski definition) is 2. The monoisotopic (exact) mass is 340 g/mol. The van der Waals surface area contributed by atoms with Gasteiger partial charge in [0.05, 0.1) is 10.8 Å². The molecule has 0 aliphatic carbocycles. The molecule has 0 fully saturated rings. The van der Waals surface area contributed by atoms with Crippen LogP contribution in [0.1, 0.15) is 16.1 Å². The number of imidazole rings is 1. The predicted octanol–water partition coefficient (Wildman–Crippen LogP) is 2.30. The Kier molecular flexibility index (Phi) is 4.51. The number of nitrogens with one attached hydrogen (secondary N) is 1. The molecule has 1 heterocycles. The highest BCUT2D eigenvalue weighted by atomic mass is 79.9. The van der Waals surface area contributed by atoms with E-state index in [-0.39, 0.29) is 11.6 Å². The molecule has 7 heteroatoms. The molecule has 0 aliphatic heterocycles. The van der Waals surface area contributed by atoms with Crippen molar-refractivity contribution in [3.05, 3.63) is 46.2 Å². The van der Waals surface area contributed by atoms with Crippen molar-refractivity contribution in [2.24, 2.45) is 5.73 Å². The Labute approximate surface area is 124 Å². The third-order valence-corrected chi connectivity index (χ3v) is 3.38. The van der Waals surface area contributed by atoms with E-state index in [1.807, 2.05) is 0 Å². The summed E-state index contributed by atoms with van der Waals surface area (Å²) in [6.45, 7) is 2.84. The van der Waals surface area contributed by atoms with E-state index in [0.29, 0.717) is 23.2 Å². The van der Waals surface area contributed by atoms with E-state index in [4.69, 9.17) is 5.73 Å². The number of aryl methyl sites for hydroxylation is 1. The molecular weight excluding hydrogens is 327 g/mol. The van der Waals surface area contributed by atoms with Crippen LogP contribution in [0.25, 0.3) is 0 Å². The van der Waals surface area contributed by atoms with Crippen LogP contribution in [-0.4, -0.2) is 22.0 Å². The number of carbonyl (C=O) groups is 1. The Balaban J connectivity index is 2.16. The van der Waals surface area contributed by atoms with E-state index in [0.717, 1.165) is 5.56 Å². The van der Waals surface area contributed by atoms with Gasteiger partial charge in [-0.1, -0.05) is 0 Å². The number of benzene rings is 1. The highest BCUT2D eigenvalue weighted by Gasteiger charge is 2.12. The topological polar surface area (TPSA) is 72.9 Å². The zero-order valence-corrected chi connectivity index (χ0v) is 12.4. The first-order valence-electron chi connectivity index (χ1n) is 6.00. The summed E-state index contributed by atoms with van der Waals surface area (Å²) in [5, 5.41) is 2.64. The first kappa shape index (κ1) is 14.7. The van der Waals surface area contributed by atoms with Gasteiger partial charge in [0.1, 0.15) is 11.5 Å². The first-order valence-corrected chi connectivity index (χ1v) is 6.79. The van der Waals surface area contributed by atoms with Crippen LogP contribution in [0.3, 0.4) is 0 Å². The van der Waals surface area contributed by atoms with Crippen LogP contribution < -0.4 is 11.1 Å². The van der Waals surface area contributed by atoms with Crippen molar-refractivity contribution in [3.8, 4) is 0 Å². The maximum absolute atomic E-state index is 13.5. The number of aromatic nitrogens is 2. The second kappa shape index (κ2) is 6.15. The molecule has 1 aromatic carbocycles. The lowest BCUT2D eigenvalue weighted by Gasteiger charge is -2.08. The van der Waals surface area contributed by atoms with Crippen LogP contribution in [0.4, 0.5) is 10.1 Å². The Morgan fingerprint density at radius 2 is 2.30 bits per heavy atom. The largest absolute Gasteiger partial charge is 0.335 e. The van der Waals surface area contributed by atoms with Crippen molar-refractivity contribution in [1.82, 2.24) is 9.55 Å². The number of halogens is 2. The Morgan fingerprint density at radius 3 is 3.00 bits per heavy atom. The maximum atomic E-state index is 13.5. The summed E-state index contributed by atoms with van der Waals surface area (Å²) >= 11 is 3.10. The molecule has 0 radical (unpaired) electrons. The second-order valence-electron chi connectivity index (χ2n) is 4.32. The summed E-state index contributed by atoms with van der Waals surface area (Å²) in [5.74, 6) is -0.815. The Morgan fingerprint density at radius 1 is 1.55 bits per heavy atom. The van der Waals surface area contributed by atoms with Gasteiger partial charge in [-0.15, -0.1) is 0 Å². The summed E-state index contributed by atoms with van der Waals surface area (Å²) in [7, 11) is 0. The number of rotatable bonds is 4. The third kappa shape index (κ3) is 3.23. The van der Waals surface area contributed by atoms with Crippen LogP contribution in [0.5, 0.6) is 0 Å². The minimum atomic E-state index is -0.431. The predicted molar refractivity (Wildman–Crippen MR) is 78.1 cm³/mol. The standard InChI is InChI=1S/C13H14BrFN4O/c1-8-4-9(14)10(15)5-11(8)18-13(20)12-6-19(3-2-16)7-17-12/h4-7H,2-3,16H2,1H3,(H,18,20). The fourth-order valence-corrected chi connectivity index (χ4v) is 2.17. The van der Waals surface area contributed by atoms with Crippen molar-refractivity contribution in [2.45, 2.75) is 13.5 Å². The van der Waals surface area contributed by atoms with Crippen molar-refractivity contribution >= 4 is 27.5 Å². The molecule has 0 atom stereocenters. The average Bonchev–Trinajstić information content (AvgIpc) is 2.85. The van der Waals surface area contributed by atoms with Gasteiger partial charge in [-0.2, -0.15) is 0 Å². The van der Waals surface area contributed by atoms with Crippen LogP contribution in [0, 0.1) is 12.7 Å². The van der Waals surface area contributed by atoms with Crippen molar-refractivity contribution in [1.29, 1.82) is 0 Å². The first-order chi connectivity index (χ1) is 9.51. The molecule has 0 aliphatic rings. The fraction of sp³-hybridized carbons (Fsp3) is 0.231. The Bertz CT molecular complexity index is 641. The number of anilines is 1. The highest BCUT2D eigenvalue weighted by molar-refractivity contribution is 9.10. The van der Waals surface area contributed by atoms with Gasteiger partial charge >= 0.3 is 0 Å². The number of nitrogens with two attached hydrogens (primary N) is 1. The number of hydrogen-bond acceptors (Lipinski definition) is 3. The Hall–Kier alpha value is -1.73. The van der Waals surface area contributed by atoms with Crippen LogP contribution in [-0.2, 0) is 6.54 Å². The van der Waals surface area contributed by atoms with E-state index in [1.165, 1.54) is 12.4 Å². The van der Waals surface area contributed by atoms with Gasteiger partial charge < -0.3 is 15.6 Å². The zero-order chi connectivity index (χ0) is 14.7. The number of nitrogens with zero attached hydrogens (tertiary/aromatic N) is 2. The molecule has 0 spiro atoms. The lowest BCUT2D eigenvalue weighted by atomic mass is 10.2. The molecule has 0 saturated carbocycles. The zero-order valence-electron chi connectivity index (χ0n) is 10.9. The quantitative estimate of drug-likeness (QED) is 0.896. The SMILES string of the molecule is Cc1cc(Br)c(F)cc1NC(=O)c1cn(CCN)cn1. The smallest absolute Gasteiger partial charge is 0.275 e. The summed E-state index contributed by atoms with van der Waals surface area (Å²) < 4.78 is 15.6. The van der Waals surface area contributed by atoms with Gasteiger partial charge in [0.25, 0.3) is 5.91 Å². The summed E-state index contributed by atoms with van der Waals surface area (Å²) in [6, 6.07) is 2.88. The summed E-state index contributed by atoms with van der Waals surface area (Å²) in [4.78, 5) is 16.0. The normalized spacial score (nSPS) is 10.6. The van der Waals surface area contributed by atoms with Gasteiger partial charge in [0, 0.05) is 25.0 Å². The van der Waals surface area contributed by atoms with Crippen LogP contribution >= 0.6 is 15.9 Å². The van der Waals surface area contributed by atoms with E-state index in [1.54, 1.807) is 23.8 Å². The van der Waals surface area contributed by atoms with Crippen LogP contribution in [0.15, 0.2) is 29.1 Å². The molecule has 20 heavy (non-hydrogen) atoms. The van der Waals surface area contributed by atoms with Crippen molar-refractivity contribution in [3.63, 3.8) is 0 Å². The second-order valence-corrected chi connectivity index (χ2v) is 5.18. The molecule has 2 aromatic rings. The molecule has 2 rings (SSSR count). The summed E-state index contributed by atoms with van der Waals surface area (Å²) in [6.07, 6.45) is 3.14. The highest BCUT2D eigenvalue weighted by Crippen LogP contribution is 2.24. The molecule has 106 valence electrons. The van der Waals surface area contributed by atoms with Gasteiger partial charge in [-0.25, -0.2) is 9.37 Å². The van der Waals surface area contributed by atoms with Gasteiger partial charge in [0.2, 0.25) is 0 Å². The average molecular weight is 341 g/mol. The molecular formula is C13H14BrFN4O. The van der Waals surface area contributed by atoms with E-state index in [2.05, 4.69) is 26.2 Å². The number of amides is 1. The van der Waals surface area contributed by atoms with Gasteiger partial charge in [-0.3, -0.25) is 4.79 Å². The van der Waals surface area contributed by atoms with Crippen molar-refractivity contribution < 1.29 is 9.18 Å². The maximum Gasteiger partial charge on any atom is 0.275 e. The lowest BCUT2D eigenvalue weighted by Crippen LogP contribution is -2.14. The van der Waals surface area contributed by atoms with Gasteiger partial charge in [0.15, 0.2) is 0 Å². The van der Waals surface area contributed by atoms with Gasteiger partial charge in [-0.05, 0) is 40.5 Å². The van der Waals surface area contributed by atoms with Crippen molar-refractivity contribution in [2.75, 3.05) is 11.9 Å². The molecule has 5 nitrogen and oxygen atoms in total. The molecule has 0 bridgehead atoms.